The van der Waals surface area contributed by atoms with Crippen molar-refractivity contribution in [3.63, 3.8) is 0 Å². The van der Waals surface area contributed by atoms with Crippen LogP contribution in [0.5, 0.6) is 5.75 Å². The van der Waals surface area contributed by atoms with E-state index < -0.39 is 0 Å². The van der Waals surface area contributed by atoms with Crippen molar-refractivity contribution in [1.29, 1.82) is 0 Å². The van der Waals surface area contributed by atoms with Gasteiger partial charge in [-0.3, -0.25) is 9.69 Å². The van der Waals surface area contributed by atoms with E-state index in [9.17, 15) is 4.79 Å². The van der Waals surface area contributed by atoms with Gasteiger partial charge < -0.3 is 15.0 Å². The highest BCUT2D eigenvalue weighted by atomic mass is 35.5. The predicted molar refractivity (Wildman–Crippen MR) is 119 cm³/mol. The molecule has 0 aliphatic carbocycles. The van der Waals surface area contributed by atoms with Crippen molar-refractivity contribution in [2.45, 2.75) is 38.0 Å². The van der Waals surface area contributed by atoms with E-state index in [4.69, 9.17) is 4.74 Å². The summed E-state index contributed by atoms with van der Waals surface area (Å²) >= 11 is 1.47. The lowest BCUT2D eigenvalue weighted by atomic mass is 10.1. The normalized spacial score (nSPS) is 22.6. The largest absolute Gasteiger partial charge is 0.492 e. The van der Waals surface area contributed by atoms with Crippen LogP contribution in [0.15, 0.2) is 24.3 Å². The molecule has 0 spiro atoms. The second kappa shape index (κ2) is 11.9. The number of hydrogen-bond donors (Lipinski definition) is 1. The Morgan fingerprint density at radius 1 is 1.19 bits per heavy atom. The molecule has 2 aliphatic heterocycles. The standard InChI is InChI=1S/C19H29N3O2S.2ClH/c1-3-24-17-8-5-4-7-16(17)22-13-11-21(12-14-22)10-6-9-18-15(2)20-19(23)25-18;;/h4-5,7-8,15,18H,3,6,9-14H2,1-2H3,(H,20,23);2*1H. The molecule has 2 fully saturated rings. The Balaban J connectivity index is 0.00000182. The topological polar surface area (TPSA) is 44.8 Å². The second-order valence-corrected chi connectivity index (χ2v) is 7.96. The molecule has 1 aromatic carbocycles. The summed E-state index contributed by atoms with van der Waals surface area (Å²) in [5, 5.41) is 3.56. The number of rotatable bonds is 7. The van der Waals surface area contributed by atoms with Gasteiger partial charge in [-0.1, -0.05) is 23.9 Å². The molecule has 0 saturated carbocycles. The molecule has 154 valence electrons. The number of piperazine rings is 1. The van der Waals surface area contributed by atoms with Gasteiger partial charge >= 0.3 is 0 Å². The van der Waals surface area contributed by atoms with Crippen LogP contribution in [0.25, 0.3) is 0 Å². The van der Waals surface area contributed by atoms with Crippen LogP contribution in [-0.2, 0) is 0 Å². The fourth-order valence-corrected chi connectivity index (χ4v) is 4.67. The van der Waals surface area contributed by atoms with E-state index >= 15 is 0 Å². The number of hydrogen-bond acceptors (Lipinski definition) is 5. The summed E-state index contributed by atoms with van der Waals surface area (Å²) in [6.07, 6.45) is 2.27. The molecule has 3 rings (SSSR count). The van der Waals surface area contributed by atoms with Crippen LogP contribution in [0.2, 0.25) is 0 Å². The summed E-state index contributed by atoms with van der Waals surface area (Å²) in [6.45, 7) is 10.2. The summed E-state index contributed by atoms with van der Waals surface area (Å²) in [5.74, 6) is 0.989. The Morgan fingerprint density at radius 2 is 1.89 bits per heavy atom. The van der Waals surface area contributed by atoms with Crippen molar-refractivity contribution >= 4 is 47.5 Å². The summed E-state index contributed by atoms with van der Waals surface area (Å²) in [5.41, 5.74) is 1.21. The van der Waals surface area contributed by atoms with Gasteiger partial charge in [0.2, 0.25) is 0 Å². The zero-order valence-electron chi connectivity index (χ0n) is 16.1. The smallest absolute Gasteiger partial charge is 0.279 e. The van der Waals surface area contributed by atoms with Gasteiger partial charge in [-0.05, 0) is 45.4 Å². The Kier molecular flexibility index (Phi) is 10.7. The second-order valence-electron chi connectivity index (χ2n) is 6.75. The number of benzene rings is 1. The fourth-order valence-electron chi connectivity index (χ4n) is 3.59. The van der Waals surface area contributed by atoms with Crippen LogP contribution in [-0.4, -0.2) is 60.8 Å². The minimum Gasteiger partial charge on any atom is -0.492 e. The van der Waals surface area contributed by atoms with Gasteiger partial charge in [0, 0.05) is 37.5 Å². The van der Waals surface area contributed by atoms with E-state index in [1.807, 2.05) is 13.0 Å². The average molecular weight is 436 g/mol. The molecule has 2 aliphatic rings. The van der Waals surface area contributed by atoms with E-state index in [0.29, 0.717) is 17.9 Å². The number of nitrogens with zero attached hydrogens (tertiary/aromatic N) is 2. The molecule has 1 amide bonds. The first-order valence-electron chi connectivity index (χ1n) is 9.33. The third kappa shape index (κ3) is 6.63. The van der Waals surface area contributed by atoms with Crippen molar-refractivity contribution in [3.8, 4) is 5.75 Å². The molecule has 2 atom stereocenters. The van der Waals surface area contributed by atoms with Crippen LogP contribution in [0, 0.1) is 0 Å². The van der Waals surface area contributed by atoms with Gasteiger partial charge in [0.25, 0.3) is 5.24 Å². The zero-order chi connectivity index (χ0) is 17.6. The molecule has 0 radical (unpaired) electrons. The number of amides is 1. The lowest BCUT2D eigenvalue weighted by Gasteiger charge is -2.36. The number of carbonyl (C=O) groups excluding carboxylic acids is 1. The van der Waals surface area contributed by atoms with Gasteiger partial charge in [0.15, 0.2) is 0 Å². The van der Waals surface area contributed by atoms with Gasteiger partial charge in [0.1, 0.15) is 5.75 Å². The molecule has 2 heterocycles. The number of halogens is 2. The van der Waals surface area contributed by atoms with Crippen LogP contribution in [0.1, 0.15) is 26.7 Å². The Hall–Kier alpha value is -0.820. The van der Waals surface area contributed by atoms with Gasteiger partial charge in [-0.15, -0.1) is 24.8 Å². The number of ether oxygens (including phenoxy) is 1. The predicted octanol–water partition coefficient (Wildman–Crippen LogP) is 4.04. The number of nitrogens with one attached hydrogen (secondary N) is 1. The van der Waals surface area contributed by atoms with E-state index in [2.05, 4.69) is 40.2 Å². The van der Waals surface area contributed by atoms with Gasteiger partial charge in [-0.25, -0.2) is 0 Å². The average Bonchev–Trinajstić information content (AvgIpc) is 2.94. The van der Waals surface area contributed by atoms with E-state index in [0.717, 1.165) is 51.3 Å². The maximum absolute atomic E-state index is 11.4. The van der Waals surface area contributed by atoms with Crippen LogP contribution in [0.4, 0.5) is 10.5 Å². The highest BCUT2D eigenvalue weighted by molar-refractivity contribution is 8.14. The summed E-state index contributed by atoms with van der Waals surface area (Å²) in [6, 6.07) is 8.64. The van der Waals surface area contributed by atoms with Crippen molar-refractivity contribution in [3.05, 3.63) is 24.3 Å². The van der Waals surface area contributed by atoms with Crippen molar-refractivity contribution < 1.29 is 9.53 Å². The molecular weight excluding hydrogens is 405 g/mol. The molecule has 8 heteroatoms. The first-order valence-corrected chi connectivity index (χ1v) is 10.2. The van der Waals surface area contributed by atoms with Crippen molar-refractivity contribution in [2.24, 2.45) is 0 Å². The lowest BCUT2D eigenvalue weighted by Crippen LogP contribution is -2.46. The van der Waals surface area contributed by atoms with E-state index in [1.165, 1.54) is 17.4 Å². The first-order chi connectivity index (χ1) is 12.2. The van der Waals surface area contributed by atoms with Crippen molar-refractivity contribution in [1.82, 2.24) is 10.2 Å². The number of thioether (sulfide) groups is 1. The Bertz CT molecular complexity index is 586. The molecule has 5 nitrogen and oxygen atoms in total. The SMILES string of the molecule is CCOc1ccccc1N1CCN(CCCC2SC(=O)NC2C)CC1.Cl.Cl. The summed E-state index contributed by atoms with van der Waals surface area (Å²) < 4.78 is 5.77. The molecule has 0 bridgehead atoms. The molecule has 2 saturated heterocycles. The molecular formula is C19H31Cl2N3O2S. The third-order valence-electron chi connectivity index (χ3n) is 5.00. The van der Waals surface area contributed by atoms with Crippen LogP contribution >= 0.6 is 36.6 Å². The molecule has 1 N–H and O–H groups in total. The van der Waals surface area contributed by atoms with Crippen molar-refractivity contribution in [2.75, 3.05) is 44.2 Å². The number of carbonyl (C=O) groups is 1. The molecule has 1 aromatic rings. The van der Waals surface area contributed by atoms with Crippen LogP contribution in [0.3, 0.4) is 0 Å². The summed E-state index contributed by atoms with van der Waals surface area (Å²) in [7, 11) is 0. The third-order valence-corrected chi connectivity index (χ3v) is 6.28. The quantitative estimate of drug-likeness (QED) is 0.699. The Labute approximate surface area is 179 Å². The van der Waals surface area contributed by atoms with Crippen LogP contribution < -0.4 is 15.0 Å². The van der Waals surface area contributed by atoms with E-state index in [1.54, 1.807) is 0 Å². The molecule has 27 heavy (non-hydrogen) atoms. The zero-order valence-corrected chi connectivity index (χ0v) is 18.5. The maximum Gasteiger partial charge on any atom is 0.279 e. The Morgan fingerprint density at radius 3 is 2.52 bits per heavy atom. The molecule has 0 aromatic heterocycles. The van der Waals surface area contributed by atoms with Gasteiger partial charge in [0.05, 0.1) is 12.3 Å². The minimum atomic E-state index is 0. The summed E-state index contributed by atoms with van der Waals surface area (Å²) in [4.78, 5) is 16.4. The number of anilines is 1. The van der Waals surface area contributed by atoms with Gasteiger partial charge in [-0.2, -0.15) is 0 Å². The minimum absolute atomic E-state index is 0. The maximum atomic E-state index is 11.4. The highest BCUT2D eigenvalue weighted by Crippen LogP contribution is 2.29. The first kappa shape index (κ1) is 24.2. The fraction of sp³-hybridized carbons (Fsp3) is 0.632. The highest BCUT2D eigenvalue weighted by Gasteiger charge is 2.29. The lowest BCUT2D eigenvalue weighted by molar-refractivity contribution is 0.250. The van der Waals surface area contributed by atoms with E-state index in [-0.39, 0.29) is 30.1 Å². The number of para-hydroxylation sites is 2. The monoisotopic (exact) mass is 435 g/mol. The molecule has 2 unspecified atom stereocenters.